The van der Waals surface area contributed by atoms with Crippen molar-refractivity contribution in [2.75, 3.05) is 7.11 Å². The normalized spacial score (nSPS) is 10.5. The summed E-state index contributed by atoms with van der Waals surface area (Å²) in [7, 11) is 1.32. The summed E-state index contributed by atoms with van der Waals surface area (Å²) in [5, 5.41) is 0. The fourth-order valence-electron chi connectivity index (χ4n) is 1.28. The third-order valence-electron chi connectivity index (χ3n) is 2.11. The van der Waals surface area contributed by atoms with Crippen LogP contribution in [0.4, 0.5) is 8.78 Å². The van der Waals surface area contributed by atoms with E-state index < -0.39 is 6.43 Å². The highest BCUT2D eigenvalue weighted by Crippen LogP contribution is 2.29. The highest BCUT2D eigenvalue weighted by molar-refractivity contribution is 5.96. The number of Topliss-reactive ketones (excluding diaryl/α,β-unsaturated/α-hetero) is 1. The number of hydrogen-bond donors (Lipinski definition) is 0. The number of hydrogen-bond acceptors (Lipinski definition) is 2. The molecular weight excluding hydrogens is 202 g/mol. The maximum atomic E-state index is 12.6. The zero-order valence-corrected chi connectivity index (χ0v) is 8.59. The van der Waals surface area contributed by atoms with Gasteiger partial charge in [-0.05, 0) is 18.2 Å². The van der Waals surface area contributed by atoms with E-state index in [1.165, 1.54) is 25.3 Å². The number of methoxy groups -OCH3 is 1. The van der Waals surface area contributed by atoms with Gasteiger partial charge in [-0.15, -0.1) is 0 Å². The van der Waals surface area contributed by atoms with Crippen molar-refractivity contribution >= 4 is 5.78 Å². The van der Waals surface area contributed by atoms with E-state index in [4.69, 9.17) is 4.74 Å². The van der Waals surface area contributed by atoms with E-state index in [1.54, 1.807) is 6.92 Å². The minimum absolute atomic E-state index is 0.109. The topological polar surface area (TPSA) is 26.3 Å². The summed E-state index contributed by atoms with van der Waals surface area (Å²) >= 11 is 0. The Kier molecular flexibility index (Phi) is 3.77. The summed E-state index contributed by atoms with van der Waals surface area (Å²) in [6.07, 6.45) is -2.33. The molecule has 0 atom stereocenters. The first-order valence-electron chi connectivity index (χ1n) is 4.59. The summed E-state index contributed by atoms with van der Waals surface area (Å²) in [6.45, 7) is 1.69. The lowest BCUT2D eigenvalue weighted by Crippen LogP contribution is -2.00. The van der Waals surface area contributed by atoms with Crippen LogP contribution in [0.15, 0.2) is 18.2 Å². The van der Waals surface area contributed by atoms with Crippen LogP contribution < -0.4 is 4.74 Å². The second-order valence-electron chi connectivity index (χ2n) is 3.03. The number of carbonyl (C=O) groups is 1. The highest BCUT2D eigenvalue weighted by Gasteiger charge is 2.16. The zero-order chi connectivity index (χ0) is 11.4. The second kappa shape index (κ2) is 4.87. The summed E-state index contributed by atoms with van der Waals surface area (Å²) in [4.78, 5) is 11.3. The number of ether oxygens (including phenoxy) is 1. The van der Waals surface area contributed by atoms with Crippen LogP contribution in [-0.2, 0) is 0 Å². The molecule has 0 amide bonds. The molecule has 1 rings (SSSR count). The molecule has 1 aromatic carbocycles. The van der Waals surface area contributed by atoms with Crippen LogP contribution in [0.2, 0.25) is 0 Å². The molecule has 0 fully saturated rings. The Morgan fingerprint density at radius 2 is 2.13 bits per heavy atom. The van der Waals surface area contributed by atoms with Gasteiger partial charge in [-0.1, -0.05) is 6.92 Å². The molecule has 82 valence electrons. The molecule has 4 heteroatoms. The molecule has 0 saturated carbocycles. The number of carbonyl (C=O) groups excluding carboxylic acids is 1. The minimum Gasteiger partial charge on any atom is -0.496 e. The van der Waals surface area contributed by atoms with Crippen LogP contribution in [0, 0.1) is 0 Å². The summed E-state index contributed by atoms with van der Waals surface area (Å²) < 4.78 is 29.9. The average molecular weight is 214 g/mol. The van der Waals surface area contributed by atoms with Gasteiger partial charge in [0, 0.05) is 12.0 Å². The van der Waals surface area contributed by atoms with Crippen LogP contribution in [0.1, 0.15) is 35.7 Å². The third-order valence-corrected chi connectivity index (χ3v) is 2.11. The molecule has 0 aliphatic rings. The summed E-state index contributed by atoms with van der Waals surface area (Å²) in [5.41, 5.74) is 0.0606. The van der Waals surface area contributed by atoms with Gasteiger partial charge in [-0.3, -0.25) is 4.79 Å². The number of halogens is 2. The van der Waals surface area contributed by atoms with Crippen molar-refractivity contribution in [2.24, 2.45) is 0 Å². The molecule has 0 N–H and O–H groups in total. The van der Waals surface area contributed by atoms with E-state index in [2.05, 4.69) is 0 Å². The molecule has 15 heavy (non-hydrogen) atoms. The van der Waals surface area contributed by atoms with Gasteiger partial charge in [-0.2, -0.15) is 0 Å². The van der Waals surface area contributed by atoms with Gasteiger partial charge >= 0.3 is 0 Å². The Morgan fingerprint density at radius 1 is 1.47 bits per heavy atom. The predicted octanol–water partition coefficient (Wildman–Crippen LogP) is 3.23. The summed E-state index contributed by atoms with van der Waals surface area (Å²) in [6, 6.07) is 4.08. The molecule has 0 bridgehead atoms. The van der Waals surface area contributed by atoms with Crippen LogP contribution >= 0.6 is 0 Å². The van der Waals surface area contributed by atoms with E-state index in [9.17, 15) is 13.6 Å². The molecule has 0 aliphatic heterocycles. The maximum absolute atomic E-state index is 12.6. The van der Waals surface area contributed by atoms with Gasteiger partial charge in [0.25, 0.3) is 6.43 Å². The van der Waals surface area contributed by atoms with Crippen LogP contribution in [0.5, 0.6) is 5.75 Å². The maximum Gasteiger partial charge on any atom is 0.267 e. The first-order chi connectivity index (χ1) is 7.10. The Hall–Kier alpha value is -1.45. The van der Waals surface area contributed by atoms with Crippen molar-refractivity contribution in [3.63, 3.8) is 0 Å². The molecule has 1 aromatic rings. The molecule has 0 unspecified atom stereocenters. The van der Waals surface area contributed by atoms with Gasteiger partial charge in [-0.25, -0.2) is 8.78 Å². The number of ketones is 1. The Morgan fingerprint density at radius 3 is 2.60 bits per heavy atom. The second-order valence-corrected chi connectivity index (χ2v) is 3.03. The van der Waals surface area contributed by atoms with Gasteiger partial charge < -0.3 is 4.74 Å². The number of rotatable bonds is 4. The van der Waals surface area contributed by atoms with E-state index in [0.717, 1.165) is 0 Å². The minimum atomic E-state index is -2.63. The lowest BCUT2D eigenvalue weighted by Gasteiger charge is -2.08. The molecule has 2 nitrogen and oxygen atoms in total. The van der Waals surface area contributed by atoms with Gasteiger partial charge in [0.2, 0.25) is 0 Å². The van der Waals surface area contributed by atoms with Crippen LogP contribution in [-0.4, -0.2) is 12.9 Å². The van der Waals surface area contributed by atoms with Crippen molar-refractivity contribution in [2.45, 2.75) is 19.8 Å². The standard InChI is InChI=1S/C11H12F2O2/c1-3-9(14)7-4-5-10(15-2)8(6-7)11(12)13/h4-6,11H,3H2,1-2H3. The monoisotopic (exact) mass is 214 g/mol. The van der Waals surface area contributed by atoms with Crippen LogP contribution in [0.25, 0.3) is 0 Å². The van der Waals surface area contributed by atoms with E-state index in [0.29, 0.717) is 12.0 Å². The first kappa shape index (κ1) is 11.6. The predicted molar refractivity (Wildman–Crippen MR) is 52.6 cm³/mol. The van der Waals surface area contributed by atoms with Gasteiger partial charge in [0.15, 0.2) is 5.78 Å². The summed E-state index contributed by atoms with van der Waals surface area (Å²) in [5.74, 6) is -0.0443. The van der Waals surface area contributed by atoms with Gasteiger partial charge in [0.05, 0.1) is 12.7 Å². The molecule has 0 saturated heterocycles. The van der Waals surface area contributed by atoms with E-state index in [-0.39, 0.29) is 17.1 Å². The lowest BCUT2D eigenvalue weighted by atomic mass is 10.1. The molecule has 0 radical (unpaired) electrons. The quantitative estimate of drug-likeness (QED) is 0.719. The number of benzene rings is 1. The fourth-order valence-corrected chi connectivity index (χ4v) is 1.28. The third kappa shape index (κ3) is 2.52. The van der Waals surface area contributed by atoms with Crippen molar-refractivity contribution in [1.82, 2.24) is 0 Å². The largest absolute Gasteiger partial charge is 0.496 e. The first-order valence-corrected chi connectivity index (χ1v) is 4.59. The molecule has 0 aliphatic carbocycles. The van der Waals surface area contributed by atoms with Crippen molar-refractivity contribution < 1.29 is 18.3 Å². The fraction of sp³-hybridized carbons (Fsp3) is 0.364. The Labute approximate surface area is 86.9 Å². The number of alkyl halides is 2. The van der Waals surface area contributed by atoms with Crippen molar-refractivity contribution in [3.05, 3.63) is 29.3 Å². The lowest BCUT2D eigenvalue weighted by molar-refractivity contribution is 0.0987. The van der Waals surface area contributed by atoms with Crippen molar-refractivity contribution in [1.29, 1.82) is 0 Å². The van der Waals surface area contributed by atoms with Crippen molar-refractivity contribution in [3.8, 4) is 5.75 Å². The average Bonchev–Trinajstić information content (AvgIpc) is 2.27. The van der Waals surface area contributed by atoms with Gasteiger partial charge in [0.1, 0.15) is 5.75 Å². The highest BCUT2D eigenvalue weighted by atomic mass is 19.3. The Balaban J connectivity index is 3.16. The molecule has 0 spiro atoms. The zero-order valence-electron chi connectivity index (χ0n) is 8.59. The smallest absolute Gasteiger partial charge is 0.267 e. The van der Waals surface area contributed by atoms with E-state index in [1.807, 2.05) is 0 Å². The molecular formula is C11H12F2O2. The molecule has 0 aromatic heterocycles. The van der Waals surface area contributed by atoms with E-state index >= 15 is 0 Å². The molecule has 0 heterocycles. The Bertz CT molecular complexity index is 362. The van der Waals surface area contributed by atoms with Crippen LogP contribution in [0.3, 0.4) is 0 Å². The SMILES string of the molecule is CCC(=O)c1ccc(OC)c(C(F)F)c1.